The van der Waals surface area contributed by atoms with E-state index in [2.05, 4.69) is 5.48 Å². The maximum atomic E-state index is 11.9. The lowest BCUT2D eigenvalue weighted by Gasteiger charge is -2.16. The van der Waals surface area contributed by atoms with Gasteiger partial charge in [-0.25, -0.2) is 5.48 Å². The van der Waals surface area contributed by atoms with Crippen molar-refractivity contribution in [1.82, 2.24) is 5.48 Å². The average molecular weight is 262 g/mol. The highest BCUT2D eigenvalue weighted by atomic mass is 16.7. The van der Waals surface area contributed by atoms with Crippen LogP contribution >= 0.6 is 0 Å². The van der Waals surface area contributed by atoms with Gasteiger partial charge in [0, 0.05) is 24.2 Å². The normalized spacial score (nSPS) is 15.1. The van der Waals surface area contributed by atoms with Gasteiger partial charge in [0.05, 0.1) is 6.10 Å². The largest absolute Gasteiger partial charge is 0.312 e. The zero-order chi connectivity index (χ0) is 13.8. The van der Waals surface area contributed by atoms with Crippen molar-refractivity contribution in [3.05, 3.63) is 29.8 Å². The molecule has 1 saturated heterocycles. The number of hydroxylamine groups is 1. The number of carbonyl (C=O) groups is 2. The lowest BCUT2D eigenvalue weighted by Crippen LogP contribution is -2.28. The first-order chi connectivity index (χ1) is 9.08. The Bertz CT molecular complexity index is 485. The standard InChI is InChI=1S/C14H18N2O3/c1-10(2)19-15-14(18)11-5-3-6-12(9-11)16-8-4-7-13(16)17/h3,5-6,9-10H,4,7-8H2,1-2H3,(H,15,18). The van der Waals surface area contributed by atoms with Gasteiger partial charge in [-0.05, 0) is 38.5 Å². The molecule has 1 N–H and O–H groups in total. The molecule has 0 radical (unpaired) electrons. The van der Waals surface area contributed by atoms with Crippen LogP contribution in [-0.4, -0.2) is 24.5 Å². The zero-order valence-corrected chi connectivity index (χ0v) is 11.2. The van der Waals surface area contributed by atoms with Crippen LogP contribution in [0.1, 0.15) is 37.0 Å². The van der Waals surface area contributed by atoms with Crippen molar-refractivity contribution in [2.75, 3.05) is 11.4 Å². The quantitative estimate of drug-likeness (QED) is 0.843. The molecule has 0 unspecified atom stereocenters. The summed E-state index contributed by atoms with van der Waals surface area (Å²) in [5.74, 6) is -0.196. The Morgan fingerprint density at radius 3 is 2.84 bits per heavy atom. The summed E-state index contributed by atoms with van der Waals surface area (Å²) >= 11 is 0. The second kappa shape index (κ2) is 5.84. The smallest absolute Gasteiger partial charge is 0.274 e. The van der Waals surface area contributed by atoms with Crippen LogP contribution in [0, 0.1) is 0 Å². The van der Waals surface area contributed by atoms with Crippen molar-refractivity contribution >= 4 is 17.5 Å². The lowest BCUT2D eigenvalue weighted by molar-refractivity contribution is -0.117. The first kappa shape index (κ1) is 13.5. The van der Waals surface area contributed by atoms with Crippen LogP contribution in [0.4, 0.5) is 5.69 Å². The van der Waals surface area contributed by atoms with Crippen molar-refractivity contribution in [2.24, 2.45) is 0 Å². The Morgan fingerprint density at radius 2 is 2.21 bits per heavy atom. The van der Waals surface area contributed by atoms with Crippen LogP contribution in [0.5, 0.6) is 0 Å². The predicted molar refractivity (Wildman–Crippen MR) is 71.7 cm³/mol. The van der Waals surface area contributed by atoms with Crippen LogP contribution in [-0.2, 0) is 9.63 Å². The SMILES string of the molecule is CC(C)ONC(=O)c1cccc(N2CCCC2=O)c1. The molecular formula is C14H18N2O3. The first-order valence-corrected chi connectivity index (χ1v) is 6.44. The van der Waals surface area contributed by atoms with E-state index < -0.39 is 0 Å². The molecule has 1 aliphatic rings. The number of nitrogens with zero attached hydrogens (tertiary/aromatic N) is 1. The average Bonchev–Trinajstić information content (AvgIpc) is 2.82. The minimum absolute atomic E-state index is 0.0766. The van der Waals surface area contributed by atoms with E-state index in [9.17, 15) is 9.59 Å². The molecule has 5 heteroatoms. The molecule has 0 aliphatic carbocycles. The summed E-state index contributed by atoms with van der Waals surface area (Å²) in [5, 5.41) is 0. The van der Waals surface area contributed by atoms with E-state index >= 15 is 0 Å². The van der Waals surface area contributed by atoms with Gasteiger partial charge in [0.2, 0.25) is 5.91 Å². The predicted octanol–water partition coefficient (Wildman–Crippen LogP) is 1.88. The molecular weight excluding hydrogens is 244 g/mol. The summed E-state index contributed by atoms with van der Waals surface area (Å²) in [6, 6.07) is 7.01. The number of anilines is 1. The van der Waals surface area contributed by atoms with Crippen molar-refractivity contribution in [2.45, 2.75) is 32.8 Å². The third kappa shape index (κ3) is 3.32. The zero-order valence-electron chi connectivity index (χ0n) is 11.2. The van der Waals surface area contributed by atoms with Crippen molar-refractivity contribution in [1.29, 1.82) is 0 Å². The molecule has 102 valence electrons. The summed E-state index contributed by atoms with van der Waals surface area (Å²) < 4.78 is 0. The molecule has 0 aromatic heterocycles. The molecule has 2 amide bonds. The van der Waals surface area contributed by atoms with Crippen LogP contribution in [0.15, 0.2) is 24.3 Å². The van der Waals surface area contributed by atoms with Crippen LogP contribution in [0.3, 0.4) is 0 Å². The highest BCUT2D eigenvalue weighted by Gasteiger charge is 2.22. The minimum atomic E-state index is -0.304. The molecule has 5 nitrogen and oxygen atoms in total. The fourth-order valence-electron chi connectivity index (χ4n) is 1.97. The van der Waals surface area contributed by atoms with Gasteiger partial charge >= 0.3 is 0 Å². The molecule has 1 fully saturated rings. The second-order valence-electron chi connectivity index (χ2n) is 4.80. The van der Waals surface area contributed by atoms with Crippen LogP contribution in [0.25, 0.3) is 0 Å². The van der Waals surface area contributed by atoms with Crippen LogP contribution in [0.2, 0.25) is 0 Å². The van der Waals surface area contributed by atoms with Gasteiger partial charge in [-0.1, -0.05) is 6.07 Å². The third-order valence-electron chi connectivity index (χ3n) is 2.88. The third-order valence-corrected chi connectivity index (χ3v) is 2.88. The number of hydrogen-bond donors (Lipinski definition) is 1. The highest BCUT2D eigenvalue weighted by Crippen LogP contribution is 2.22. The van der Waals surface area contributed by atoms with Gasteiger partial charge in [0.15, 0.2) is 0 Å². The summed E-state index contributed by atoms with van der Waals surface area (Å²) in [6.45, 7) is 4.38. The summed E-state index contributed by atoms with van der Waals surface area (Å²) in [6.07, 6.45) is 1.37. The molecule has 0 saturated carbocycles. The maximum Gasteiger partial charge on any atom is 0.274 e. The Hall–Kier alpha value is -1.88. The number of carbonyl (C=O) groups excluding carboxylic acids is 2. The second-order valence-corrected chi connectivity index (χ2v) is 4.80. The summed E-state index contributed by atoms with van der Waals surface area (Å²) in [4.78, 5) is 30.3. The van der Waals surface area contributed by atoms with Gasteiger partial charge in [-0.3, -0.25) is 14.4 Å². The maximum absolute atomic E-state index is 11.9. The Balaban J connectivity index is 2.10. The molecule has 1 aliphatic heterocycles. The number of nitrogens with one attached hydrogen (secondary N) is 1. The van der Waals surface area contributed by atoms with Gasteiger partial charge < -0.3 is 4.90 Å². The highest BCUT2D eigenvalue weighted by molar-refractivity contribution is 5.98. The van der Waals surface area contributed by atoms with Gasteiger partial charge in [-0.2, -0.15) is 0 Å². The molecule has 0 spiro atoms. The molecule has 1 aromatic rings. The Morgan fingerprint density at radius 1 is 1.42 bits per heavy atom. The van der Waals surface area contributed by atoms with E-state index in [4.69, 9.17) is 4.84 Å². The topological polar surface area (TPSA) is 58.6 Å². The Labute approximate surface area is 112 Å². The number of amides is 2. The van der Waals surface area contributed by atoms with E-state index in [0.717, 1.165) is 12.1 Å². The van der Waals surface area contributed by atoms with Crippen molar-refractivity contribution < 1.29 is 14.4 Å². The van der Waals surface area contributed by atoms with Gasteiger partial charge in [0.1, 0.15) is 0 Å². The molecule has 1 aromatic carbocycles. The minimum Gasteiger partial charge on any atom is -0.312 e. The Kier molecular flexibility index (Phi) is 4.16. The van der Waals surface area contributed by atoms with E-state index in [1.165, 1.54) is 0 Å². The molecule has 19 heavy (non-hydrogen) atoms. The lowest BCUT2D eigenvalue weighted by atomic mass is 10.2. The van der Waals surface area contributed by atoms with Crippen molar-refractivity contribution in [3.8, 4) is 0 Å². The monoisotopic (exact) mass is 262 g/mol. The van der Waals surface area contributed by atoms with E-state index in [0.29, 0.717) is 18.5 Å². The van der Waals surface area contributed by atoms with E-state index in [1.807, 2.05) is 19.9 Å². The number of benzene rings is 1. The molecule has 1 heterocycles. The summed E-state index contributed by atoms with van der Waals surface area (Å²) in [7, 11) is 0. The first-order valence-electron chi connectivity index (χ1n) is 6.44. The van der Waals surface area contributed by atoms with Gasteiger partial charge in [0.25, 0.3) is 5.91 Å². The molecule has 0 bridgehead atoms. The molecule has 0 atom stereocenters. The number of rotatable bonds is 4. The van der Waals surface area contributed by atoms with Gasteiger partial charge in [-0.15, -0.1) is 0 Å². The van der Waals surface area contributed by atoms with E-state index in [1.54, 1.807) is 23.1 Å². The fourth-order valence-corrected chi connectivity index (χ4v) is 1.97. The van der Waals surface area contributed by atoms with E-state index in [-0.39, 0.29) is 17.9 Å². The number of hydrogen-bond acceptors (Lipinski definition) is 3. The van der Waals surface area contributed by atoms with Crippen LogP contribution < -0.4 is 10.4 Å². The van der Waals surface area contributed by atoms with Crippen molar-refractivity contribution in [3.63, 3.8) is 0 Å². The molecule has 2 rings (SSSR count). The fraction of sp³-hybridized carbons (Fsp3) is 0.429. The summed E-state index contributed by atoms with van der Waals surface area (Å²) in [5.41, 5.74) is 3.63.